The monoisotopic (exact) mass is 1590 g/mol. The molecule has 0 radical (unpaired) electrons. The molecule has 0 atom stereocenters. The van der Waals surface area contributed by atoms with Crippen molar-refractivity contribution in [2.75, 3.05) is 9.80 Å². The molecule has 0 N–H and O–H groups in total. The maximum absolute atomic E-state index is 2.44. The number of aryl methyl sites for hydroxylation is 4. The van der Waals surface area contributed by atoms with Gasteiger partial charge in [-0.25, -0.2) is 0 Å². The van der Waals surface area contributed by atoms with E-state index in [1.54, 1.807) is 0 Å². The van der Waals surface area contributed by atoms with Gasteiger partial charge in [-0.05, 0) is 295 Å². The van der Waals surface area contributed by atoms with Crippen molar-refractivity contribution in [1.29, 1.82) is 0 Å². The Bertz CT molecular complexity index is 7100. The Kier molecular flexibility index (Phi) is 21.9. The van der Waals surface area contributed by atoms with Crippen LogP contribution in [0.25, 0.3) is 155 Å². The quantitative estimate of drug-likeness (QED) is 0.0791. The summed E-state index contributed by atoms with van der Waals surface area (Å²) in [5.74, 6) is 0. The van der Waals surface area contributed by atoms with Crippen molar-refractivity contribution < 1.29 is 0 Å². The molecule has 0 saturated carbocycles. The summed E-state index contributed by atoms with van der Waals surface area (Å²) in [6, 6.07) is 157. The summed E-state index contributed by atoms with van der Waals surface area (Å²) in [6.45, 7) is 15.4. The molecule has 594 valence electrons. The lowest BCUT2D eigenvalue weighted by Gasteiger charge is -2.25. The average molecular weight is 1590 g/mol. The Morgan fingerprint density at radius 3 is 0.621 bits per heavy atom. The van der Waals surface area contributed by atoms with Gasteiger partial charge in [0.05, 0.1) is 0 Å². The molecule has 21 aromatic rings. The summed E-state index contributed by atoms with van der Waals surface area (Å²) < 4.78 is 0. The Hall–Kier alpha value is -15.2. The summed E-state index contributed by atoms with van der Waals surface area (Å²) in [7, 11) is 0. The zero-order chi connectivity index (χ0) is 84.2. The molecule has 0 amide bonds. The van der Waals surface area contributed by atoms with E-state index in [-0.39, 0.29) is 5.41 Å². The van der Waals surface area contributed by atoms with Gasteiger partial charge in [0.15, 0.2) is 0 Å². The Labute approximate surface area is 728 Å². The fourth-order valence-corrected chi connectivity index (χ4v) is 17.6. The molecule has 0 aromatic heterocycles. The second-order valence-electron chi connectivity index (χ2n) is 33.9. The van der Waals surface area contributed by atoms with Gasteiger partial charge in [0.25, 0.3) is 0 Å². The van der Waals surface area contributed by atoms with E-state index < -0.39 is 0 Å². The van der Waals surface area contributed by atoms with Crippen LogP contribution in [0, 0.1) is 27.7 Å². The first-order valence-electron chi connectivity index (χ1n) is 43.1. The number of anilines is 6. The van der Waals surface area contributed by atoms with Crippen LogP contribution in [0.2, 0.25) is 0 Å². The molecule has 0 aliphatic heterocycles. The van der Waals surface area contributed by atoms with Crippen LogP contribution in [0.3, 0.4) is 0 Å². The summed E-state index contributed by atoms with van der Waals surface area (Å²) in [5, 5.41) is 20.5. The van der Waals surface area contributed by atoms with E-state index in [0.717, 1.165) is 45.3 Å². The first-order valence-corrected chi connectivity index (χ1v) is 43.1. The van der Waals surface area contributed by atoms with Gasteiger partial charge in [-0.15, -0.1) is 0 Å². The Morgan fingerprint density at radius 1 is 0.177 bits per heavy atom. The minimum Gasteiger partial charge on any atom is -0.311 e. The molecule has 0 aliphatic carbocycles. The second-order valence-corrected chi connectivity index (χ2v) is 33.9. The van der Waals surface area contributed by atoms with E-state index in [9.17, 15) is 0 Å². The van der Waals surface area contributed by atoms with E-state index in [2.05, 4.69) is 513 Å². The van der Waals surface area contributed by atoms with Crippen LogP contribution < -0.4 is 9.80 Å². The topological polar surface area (TPSA) is 6.48 Å². The summed E-state index contributed by atoms with van der Waals surface area (Å²) in [5.41, 5.74) is 28.2. The van der Waals surface area contributed by atoms with Crippen molar-refractivity contribution in [3.63, 3.8) is 0 Å². The number of hydrogen-bond donors (Lipinski definition) is 0. The number of nitrogens with zero attached hydrogens (tertiary/aromatic N) is 2. The van der Waals surface area contributed by atoms with Gasteiger partial charge in [0.1, 0.15) is 0 Å². The average Bonchev–Trinajstić information content (AvgIpc) is 0.728. The van der Waals surface area contributed by atoms with Crippen molar-refractivity contribution >= 4 is 145 Å². The van der Waals surface area contributed by atoms with Crippen LogP contribution >= 0.6 is 0 Å². The van der Waals surface area contributed by atoms with Crippen molar-refractivity contribution in [3.8, 4) is 44.5 Å². The molecule has 0 bridgehead atoms. The van der Waals surface area contributed by atoms with E-state index >= 15 is 0 Å². The zero-order valence-electron chi connectivity index (χ0n) is 71.2. The molecule has 2 heteroatoms. The number of fused-ring (bicyclic) bond motifs is 8. The lowest BCUT2D eigenvalue weighted by molar-refractivity contribution is 0.591. The van der Waals surface area contributed by atoms with Gasteiger partial charge in [0.2, 0.25) is 0 Å². The maximum Gasteiger partial charge on any atom is 0.0462 e. The lowest BCUT2D eigenvalue weighted by Crippen LogP contribution is -2.10. The van der Waals surface area contributed by atoms with Crippen LogP contribution in [0.4, 0.5) is 34.1 Å². The van der Waals surface area contributed by atoms with Gasteiger partial charge < -0.3 is 9.80 Å². The van der Waals surface area contributed by atoms with E-state index in [4.69, 9.17) is 0 Å². The first kappa shape index (κ1) is 78.6. The van der Waals surface area contributed by atoms with Gasteiger partial charge in [-0.2, -0.15) is 0 Å². The molecule has 124 heavy (non-hydrogen) atoms. The van der Waals surface area contributed by atoms with E-state index in [1.807, 2.05) is 0 Å². The van der Waals surface area contributed by atoms with Gasteiger partial charge in [0, 0.05) is 34.1 Å². The maximum atomic E-state index is 2.44. The molecule has 0 unspecified atom stereocenters. The Balaban J connectivity index is 0.000000125. The van der Waals surface area contributed by atoms with E-state index in [1.165, 1.54) is 170 Å². The SMILES string of the molecule is CC(C)(C)c1ccc2c(-c3ccc4ccccc4c3)c3ccccc3c(-c3ccc4ccccc4c3)c2c1.Cc1ccc(N(c2ccc(C)cc2)c2ccc(/C=C/c3ccc(/C=C/c4ccc(N(c5ccc(C)cc5)c5ccc(C)cc5)cc4)cc3)cc2)cc1.c1ccc2cc(-c3c4ccccc4c(-c4ccc5ccccc5c4)c4ccccc34)ccc2c1. The minimum absolute atomic E-state index is 0.0591. The number of benzene rings is 21. The summed E-state index contributed by atoms with van der Waals surface area (Å²) in [4.78, 5) is 4.61. The molecular weight excluding hydrogens is 1490 g/mol. The molecule has 0 heterocycles. The second kappa shape index (κ2) is 34.5. The number of hydrogen-bond acceptors (Lipinski definition) is 2. The number of rotatable bonds is 14. The predicted octanol–water partition coefficient (Wildman–Crippen LogP) is 34.8. The lowest BCUT2D eigenvalue weighted by atomic mass is 9.81. The summed E-state index contributed by atoms with van der Waals surface area (Å²) >= 11 is 0. The molecule has 21 rings (SSSR count). The highest BCUT2D eigenvalue weighted by Gasteiger charge is 2.23. The van der Waals surface area contributed by atoms with Crippen LogP contribution in [0.15, 0.2) is 431 Å². The third-order valence-corrected chi connectivity index (χ3v) is 24.3. The van der Waals surface area contributed by atoms with Crippen LogP contribution in [0.1, 0.15) is 70.8 Å². The summed E-state index contributed by atoms with van der Waals surface area (Å²) in [6.07, 6.45) is 8.70. The minimum atomic E-state index is 0.0591. The first-order chi connectivity index (χ1) is 60.7. The van der Waals surface area contributed by atoms with Crippen molar-refractivity contribution in [1.82, 2.24) is 0 Å². The van der Waals surface area contributed by atoms with Gasteiger partial charge >= 0.3 is 0 Å². The molecular formula is C122H96N2. The largest absolute Gasteiger partial charge is 0.311 e. The standard InChI is InChI=1S/C50H44N2.C38H30.C34H22/c1-37-5-25-45(26-6-37)51(46-27-7-38(2)8-28-46)49-33-21-43(22-34-49)19-17-41-13-15-42(16-14-41)18-20-44-23-35-50(36-24-44)52(47-29-9-39(3)10-30-47)48-31-11-40(4)12-32-48;1-38(2,3)31-20-21-34-35(24-31)37(30-19-17-26-11-5-7-13-28(26)23-30)33-15-9-8-14-32(33)36(34)29-18-16-25-10-4-6-12-27(25)22-29;1-3-11-25-21-27(19-17-23(25)9-1)33-29-13-5-7-15-31(29)34(32-16-8-6-14-30(32)33)28-20-18-24-10-2-4-12-26(24)22-28/h5-36H,1-4H3;4-24H,1-3H3;1-22H/b19-17+,20-18+;;. The van der Waals surface area contributed by atoms with Gasteiger partial charge in [-0.3, -0.25) is 0 Å². The third kappa shape index (κ3) is 16.5. The molecule has 0 saturated heterocycles. The van der Waals surface area contributed by atoms with Gasteiger partial charge in [-0.1, -0.05) is 395 Å². The highest BCUT2D eigenvalue weighted by Crippen LogP contribution is 2.49. The third-order valence-electron chi connectivity index (χ3n) is 24.3. The fourth-order valence-electron chi connectivity index (χ4n) is 17.6. The molecule has 2 nitrogen and oxygen atoms in total. The Morgan fingerprint density at radius 2 is 0.379 bits per heavy atom. The highest BCUT2D eigenvalue weighted by molar-refractivity contribution is 6.24. The molecule has 0 fully saturated rings. The van der Waals surface area contributed by atoms with Crippen LogP contribution in [-0.2, 0) is 5.41 Å². The zero-order valence-corrected chi connectivity index (χ0v) is 71.2. The van der Waals surface area contributed by atoms with Crippen LogP contribution in [-0.4, -0.2) is 0 Å². The van der Waals surface area contributed by atoms with Crippen molar-refractivity contribution in [2.24, 2.45) is 0 Å². The van der Waals surface area contributed by atoms with Crippen LogP contribution in [0.5, 0.6) is 0 Å². The fraction of sp³-hybridized carbons (Fsp3) is 0.0656. The molecule has 0 spiro atoms. The van der Waals surface area contributed by atoms with Crippen molar-refractivity contribution in [2.45, 2.75) is 53.9 Å². The van der Waals surface area contributed by atoms with Crippen molar-refractivity contribution in [3.05, 3.63) is 481 Å². The molecule has 21 aromatic carbocycles. The van der Waals surface area contributed by atoms with E-state index in [0.29, 0.717) is 0 Å². The predicted molar refractivity (Wildman–Crippen MR) is 539 cm³/mol. The highest BCUT2D eigenvalue weighted by atomic mass is 15.1. The smallest absolute Gasteiger partial charge is 0.0462 e. The normalized spacial score (nSPS) is 11.6. The molecule has 0 aliphatic rings.